The Morgan fingerprint density at radius 1 is 0.906 bits per heavy atom. The lowest BCUT2D eigenvalue weighted by Gasteiger charge is -2.25. The molecule has 0 unspecified atom stereocenters. The van der Waals surface area contributed by atoms with Gasteiger partial charge in [-0.15, -0.1) is 0 Å². The molecule has 2 aliphatic carbocycles. The van der Waals surface area contributed by atoms with E-state index in [2.05, 4.69) is 64.9 Å². The summed E-state index contributed by atoms with van der Waals surface area (Å²) in [5.74, 6) is 0.711. The largest absolute Gasteiger partial charge is 0.351 e. The first-order valence-corrected chi connectivity index (χ1v) is 11.8. The minimum atomic E-state index is -0.382. The van der Waals surface area contributed by atoms with Crippen molar-refractivity contribution in [1.29, 1.82) is 0 Å². The molecule has 4 aromatic rings. The molecule has 0 aliphatic heterocycles. The van der Waals surface area contributed by atoms with Gasteiger partial charge < -0.3 is 16.0 Å². The van der Waals surface area contributed by atoms with Crippen molar-refractivity contribution in [1.82, 2.24) is 15.0 Å². The van der Waals surface area contributed by atoms with Crippen LogP contribution in [0.2, 0.25) is 0 Å². The highest BCUT2D eigenvalue weighted by atomic mass is 15.1. The maximum absolute atomic E-state index is 6.97. The van der Waals surface area contributed by atoms with E-state index in [4.69, 9.17) is 15.7 Å². The Morgan fingerprint density at radius 2 is 1.69 bits per heavy atom. The zero-order valence-corrected chi connectivity index (χ0v) is 18.3. The number of nitrogens with zero attached hydrogens (tertiary/aromatic N) is 2. The summed E-state index contributed by atoms with van der Waals surface area (Å²) >= 11 is 0. The van der Waals surface area contributed by atoms with Gasteiger partial charge in [-0.1, -0.05) is 61.7 Å². The zero-order chi connectivity index (χ0) is 21.5. The molecule has 32 heavy (non-hydrogen) atoms. The van der Waals surface area contributed by atoms with Gasteiger partial charge in [0.2, 0.25) is 5.95 Å². The molecule has 2 heterocycles. The topological polar surface area (TPSA) is 79.6 Å². The molecule has 162 valence electrons. The van der Waals surface area contributed by atoms with Crippen LogP contribution < -0.4 is 11.1 Å². The van der Waals surface area contributed by atoms with E-state index < -0.39 is 0 Å². The molecule has 2 aromatic carbocycles. The lowest BCUT2D eigenvalue weighted by atomic mass is 9.86. The number of aromatic nitrogens is 3. The summed E-state index contributed by atoms with van der Waals surface area (Å²) in [4.78, 5) is 13.0. The van der Waals surface area contributed by atoms with Crippen LogP contribution in [0.15, 0.2) is 60.8 Å². The number of hydrogen-bond acceptors (Lipinski definition) is 4. The lowest BCUT2D eigenvalue weighted by molar-refractivity contribution is 0.461. The zero-order valence-electron chi connectivity index (χ0n) is 18.3. The molecule has 1 fully saturated rings. The highest BCUT2D eigenvalue weighted by Gasteiger charge is 2.35. The highest BCUT2D eigenvalue weighted by Crippen LogP contribution is 2.37. The molecule has 0 bridgehead atoms. The number of hydrogen-bond donors (Lipinski definition) is 3. The molecule has 0 atom stereocenters. The third-order valence-corrected chi connectivity index (χ3v) is 7.20. The fraction of sp³-hybridized carbons (Fsp3) is 0.333. The minimum Gasteiger partial charge on any atom is -0.351 e. The lowest BCUT2D eigenvalue weighted by Crippen LogP contribution is -2.37. The first-order chi connectivity index (χ1) is 15.7. The molecule has 2 aromatic heterocycles. The van der Waals surface area contributed by atoms with Crippen LogP contribution in [0, 0.1) is 0 Å². The Hall–Kier alpha value is -3.18. The fourth-order valence-corrected chi connectivity index (χ4v) is 5.48. The minimum absolute atomic E-state index is 0.382. The molecule has 4 N–H and O–H groups in total. The van der Waals surface area contributed by atoms with Gasteiger partial charge in [0.15, 0.2) is 0 Å². The van der Waals surface area contributed by atoms with Crippen molar-refractivity contribution in [2.45, 2.75) is 56.5 Å². The van der Waals surface area contributed by atoms with Crippen LogP contribution in [-0.2, 0) is 18.4 Å². The average molecular weight is 424 g/mol. The Balaban J connectivity index is 1.37. The van der Waals surface area contributed by atoms with E-state index in [0.717, 1.165) is 40.7 Å². The van der Waals surface area contributed by atoms with Crippen LogP contribution >= 0.6 is 0 Å². The summed E-state index contributed by atoms with van der Waals surface area (Å²) < 4.78 is 0. The number of aromatic amines is 1. The van der Waals surface area contributed by atoms with E-state index >= 15 is 0 Å². The second kappa shape index (κ2) is 7.75. The van der Waals surface area contributed by atoms with Crippen LogP contribution in [0.1, 0.15) is 48.8 Å². The SMILES string of the molecule is NC1(c2cccc(-c3nc(NC4CCCCC4)nc4[nH]ccc34)c2)Cc2ccccc2C1. The Labute approximate surface area is 188 Å². The molecule has 0 saturated heterocycles. The van der Waals surface area contributed by atoms with Crippen molar-refractivity contribution in [3.05, 3.63) is 77.5 Å². The van der Waals surface area contributed by atoms with Crippen molar-refractivity contribution >= 4 is 17.0 Å². The smallest absolute Gasteiger partial charge is 0.225 e. The Bertz CT molecular complexity index is 1240. The highest BCUT2D eigenvalue weighted by molar-refractivity contribution is 5.91. The van der Waals surface area contributed by atoms with Crippen molar-refractivity contribution in [2.24, 2.45) is 5.73 Å². The molecule has 5 heteroatoms. The molecule has 0 radical (unpaired) electrons. The molecular formula is C27H29N5. The third-order valence-electron chi connectivity index (χ3n) is 7.20. The van der Waals surface area contributed by atoms with E-state index in [1.165, 1.54) is 43.2 Å². The second-order valence-corrected chi connectivity index (χ2v) is 9.47. The van der Waals surface area contributed by atoms with E-state index in [0.29, 0.717) is 12.0 Å². The van der Waals surface area contributed by atoms with Gasteiger partial charge in [-0.25, -0.2) is 4.98 Å². The van der Waals surface area contributed by atoms with Crippen LogP contribution in [0.3, 0.4) is 0 Å². The number of H-pyrrole nitrogens is 1. The van der Waals surface area contributed by atoms with Gasteiger partial charge in [-0.05, 0) is 54.5 Å². The van der Waals surface area contributed by atoms with Crippen molar-refractivity contribution < 1.29 is 0 Å². The summed E-state index contributed by atoms with van der Waals surface area (Å²) in [6.45, 7) is 0. The van der Waals surface area contributed by atoms with Crippen molar-refractivity contribution in [2.75, 3.05) is 5.32 Å². The quantitative estimate of drug-likeness (QED) is 0.415. The maximum Gasteiger partial charge on any atom is 0.225 e. The van der Waals surface area contributed by atoms with Gasteiger partial charge in [0.05, 0.1) is 5.69 Å². The summed E-state index contributed by atoms with van der Waals surface area (Å²) in [5.41, 5.74) is 13.4. The Kier molecular flexibility index (Phi) is 4.72. The molecule has 0 amide bonds. The molecule has 0 spiro atoms. The summed E-state index contributed by atoms with van der Waals surface area (Å²) in [6, 6.07) is 19.7. The number of benzene rings is 2. The van der Waals surface area contributed by atoms with Crippen LogP contribution in [0.5, 0.6) is 0 Å². The number of anilines is 1. The molecular weight excluding hydrogens is 394 g/mol. The maximum atomic E-state index is 6.97. The van der Waals surface area contributed by atoms with Crippen LogP contribution in [0.25, 0.3) is 22.3 Å². The van der Waals surface area contributed by atoms with E-state index in [-0.39, 0.29) is 5.54 Å². The van der Waals surface area contributed by atoms with E-state index in [9.17, 15) is 0 Å². The predicted molar refractivity (Wildman–Crippen MR) is 130 cm³/mol. The van der Waals surface area contributed by atoms with Crippen LogP contribution in [0.4, 0.5) is 5.95 Å². The third kappa shape index (κ3) is 3.47. The molecule has 6 rings (SSSR count). The number of fused-ring (bicyclic) bond motifs is 2. The number of nitrogens with two attached hydrogens (primary N) is 1. The predicted octanol–water partition coefficient (Wildman–Crippen LogP) is 5.32. The van der Waals surface area contributed by atoms with Gasteiger partial charge in [0, 0.05) is 28.7 Å². The standard InChI is InChI=1S/C27H29N5/c28-27(16-19-7-4-5-8-20(19)17-27)21-10-6-9-18(15-21)24-23-13-14-29-25(23)32-26(31-24)30-22-11-2-1-3-12-22/h4-10,13-15,22H,1-3,11-12,16-17,28H2,(H2,29,30,31,32). The molecule has 2 aliphatic rings. The first kappa shape index (κ1) is 19.5. The van der Waals surface area contributed by atoms with Gasteiger partial charge in [0.1, 0.15) is 5.65 Å². The van der Waals surface area contributed by atoms with Crippen molar-refractivity contribution in [3.63, 3.8) is 0 Å². The van der Waals surface area contributed by atoms with Gasteiger partial charge in [-0.2, -0.15) is 4.98 Å². The van der Waals surface area contributed by atoms with E-state index in [1.54, 1.807) is 0 Å². The fourth-order valence-electron chi connectivity index (χ4n) is 5.48. The average Bonchev–Trinajstić information content (AvgIpc) is 3.43. The van der Waals surface area contributed by atoms with Crippen LogP contribution in [-0.4, -0.2) is 21.0 Å². The van der Waals surface area contributed by atoms with E-state index in [1.807, 2.05) is 6.20 Å². The van der Waals surface area contributed by atoms with Gasteiger partial charge >= 0.3 is 0 Å². The summed E-state index contributed by atoms with van der Waals surface area (Å²) in [7, 11) is 0. The van der Waals surface area contributed by atoms with Crippen molar-refractivity contribution in [3.8, 4) is 11.3 Å². The Morgan fingerprint density at radius 3 is 2.47 bits per heavy atom. The summed E-state index contributed by atoms with van der Waals surface area (Å²) in [6.07, 6.45) is 9.93. The monoisotopic (exact) mass is 423 g/mol. The van der Waals surface area contributed by atoms with Gasteiger partial charge in [0.25, 0.3) is 0 Å². The first-order valence-electron chi connectivity index (χ1n) is 11.8. The molecule has 1 saturated carbocycles. The molecule has 5 nitrogen and oxygen atoms in total. The summed E-state index contributed by atoms with van der Waals surface area (Å²) in [5, 5.41) is 4.63. The second-order valence-electron chi connectivity index (χ2n) is 9.47. The number of nitrogens with one attached hydrogen (secondary N) is 2. The number of rotatable bonds is 4. The normalized spacial score (nSPS) is 18.0. The van der Waals surface area contributed by atoms with Gasteiger partial charge in [-0.3, -0.25) is 0 Å².